The first-order chi connectivity index (χ1) is 11.0. The molecule has 0 unspecified atom stereocenters. The zero-order valence-electron chi connectivity index (χ0n) is 14.6. The van der Waals surface area contributed by atoms with E-state index in [0.717, 1.165) is 25.4 Å². The molecule has 2 rings (SSSR count). The van der Waals surface area contributed by atoms with Crippen molar-refractivity contribution in [1.82, 2.24) is 5.32 Å². The molecule has 3 heteroatoms. The number of benzene rings is 2. The topological polar surface area (TPSA) is 33.3 Å². The lowest BCUT2D eigenvalue weighted by molar-refractivity contribution is 0.242. The van der Waals surface area contributed by atoms with Gasteiger partial charge in [-0.05, 0) is 68.7 Å². The summed E-state index contributed by atoms with van der Waals surface area (Å²) in [6, 6.07) is 14.8. The minimum atomic E-state index is 0.218. The molecule has 0 heterocycles. The van der Waals surface area contributed by atoms with Crippen LogP contribution in [0, 0.1) is 13.8 Å². The summed E-state index contributed by atoms with van der Waals surface area (Å²) in [4.78, 5) is 0. The Labute approximate surface area is 140 Å². The molecule has 2 aromatic carbocycles. The summed E-state index contributed by atoms with van der Waals surface area (Å²) in [6.45, 7) is 11.1. The first-order valence-corrected chi connectivity index (χ1v) is 8.32. The van der Waals surface area contributed by atoms with Gasteiger partial charge in [0.15, 0.2) is 0 Å². The molecule has 2 N–H and O–H groups in total. The zero-order valence-corrected chi connectivity index (χ0v) is 14.6. The van der Waals surface area contributed by atoms with Gasteiger partial charge in [0.2, 0.25) is 0 Å². The number of anilines is 1. The Morgan fingerprint density at radius 2 is 1.65 bits per heavy atom. The van der Waals surface area contributed by atoms with E-state index in [1.807, 2.05) is 26.0 Å². The van der Waals surface area contributed by atoms with Crippen molar-refractivity contribution < 1.29 is 4.74 Å². The molecule has 0 bridgehead atoms. The molecule has 0 fully saturated rings. The summed E-state index contributed by atoms with van der Waals surface area (Å²) in [5, 5.41) is 6.90. The van der Waals surface area contributed by atoms with Gasteiger partial charge in [0, 0.05) is 25.3 Å². The predicted molar refractivity (Wildman–Crippen MR) is 98.3 cm³/mol. The van der Waals surface area contributed by atoms with Gasteiger partial charge in [0.05, 0.1) is 6.10 Å². The summed E-state index contributed by atoms with van der Waals surface area (Å²) in [5.74, 6) is 0.931. The Morgan fingerprint density at radius 1 is 0.913 bits per heavy atom. The number of hydrogen-bond acceptors (Lipinski definition) is 3. The van der Waals surface area contributed by atoms with Crippen LogP contribution < -0.4 is 15.4 Å². The molecule has 0 radical (unpaired) electrons. The molecule has 0 aliphatic heterocycles. The summed E-state index contributed by atoms with van der Waals surface area (Å²) >= 11 is 0. The van der Waals surface area contributed by atoms with Gasteiger partial charge in [-0.2, -0.15) is 0 Å². The van der Waals surface area contributed by atoms with Crippen LogP contribution in [0.4, 0.5) is 5.69 Å². The average Bonchev–Trinajstić information content (AvgIpc) is 2.51. The Kier molecular flexibility index (Phi) is 6.48. The SMILES string of the molecule is Cc1ccc(NCCNCc2ccc(OC(C)C)cc2)cc1C. The molecule has 0 aliphatic carbocycles. The quantitative estimate of drug-likeness (QED) is 0.713. The smallest absolute Gasteiger partial charge is 0.119 e. The highest BCUT2D eigenvalue weighted by atomic mass is 16.5. The molecule has 0 spiro atoms. The summed E-state index contributed by atoms with van der Waals surface area (Å²) in [6.07, 6.45) is 0.218. The van der Waals surface area contributed by atoms with E-state index in [4.69, 9.17) is 4.74 Å². The number of nitrogens with one attached hydrogen (secondary N) is 2. The summed E-state index contributed by atoms with van der Waals surface area (Å²) < 4.78 is 5.65. The zero-order chi connectivity index (χ0) is 16.7. The third kappa shape index (κ3) is 5.95. The monoisotopic (exact) mass is 312 g/mol. The second kappa shape index (κ2) is 8.59. The number of aryl methyl sites for hydroxylation is 2. The molecule has 0 aliphatic rings. The fourth-order valence-corrected chi connectivity index (χ4v) is 2.34. The van der Waals surface area contributed by atoms with Crippen LogP contribution in [0.3, 0.4) is 0 Å². The van der Waals surface area contributed by atoms with Crippen LogP contribution in [0.1, 0.15) is 30.5 Å². The third-order valence-corrected chi connectivity index (χ3v) is 3.76. The van der Waals surface area contributed by atoms with Gasteiger partial charge in [-0.3, -0.25) is 0 Å². The van der Waals surface area contributed by atoms with E-state index in [2.05, 4.69) is 54.8 Å². The fourth-order valence-electron chi connectivity index (χ4n) is 2.34. The maximum Gasteiger partial charge on any atom is 0.119 e. The highest BCUT2D eigenvalue weighted by molar-refractivity contribution is 5.48. The minimum absolute atomic E-state index is 0.218. The molecule has 2 aromatic rings. The Morgan fingerprint density at radius 3 is 2.30 bits per heavy atom. The highest BCUT2D eigenvalue weighted by Crippen LogP contribution is 2.14. The second-order valence-corrected chi connectivity index (χ2v) is 6.21. The van der Waals surface area contributed by atoms with Crippen molar-refractivity contribution in [3.05, 3.63) is 59.2 Å². The maximum absolute atomic E-state index is 5.65. The Hall–Kier alpha value is -2.00. The average molecular weight is 312 g/mol. The molecule has 124 valence electrons. The van der Waals surface area contributed by atoms with Gasteiger partial charge in [-0.15, -0.1) is 0 Å². The van der Waals surface area contributed by atoms with Crippen LogP contribution in [0.5, 0.6) is 5.75 Å². The van der Waals surface area contributed by atoms with E-state index in [-0.39, 0.29) is 6.10 Å². The van der Waals surface area contributed by atoms with Gasteiger partial charge >= 0.3 is 0 Å². The van der Waals surface area contributed by atoms with E-state index in [1.54, 1.807) is 0 Å². The largest absolute Gasteiger partial charge is 0.491 e. The Bertz CT molecular complexity index is 606. The second-order valence-electron chi connectivity index (χ2n) is 6.21. The van der Waals surface area contributed by atoms with Crippen molar-refractivity contribution in [2.75, 3.05) is 18.4 Å². The van der Waals surface area contributed by atoms with Gasteiger partial charge in [0.1, 0.15) is 5.75 Å². The normalized spacial score (nSPS) is 10.8. The fraction of sp³-hybridized carbons (Fsp3) is 0.400. The number of ether oxygens (including phenoxy) is 1. The standard InChI is InChI=1S/C20H28N2O/c1-15(2)23-20-9-6-18(7-10-20)14-21-11-12-22-19-8-5-16(3)17(4)13-19/h5-10,13,15,21-22H,11-12,14H2,1-4H3. The summed E-state index contributed by atoms with van der Waals surface area (Å²) in [5.41, 5.74) is 5.11. The van der Waals surface area contributed by atoms with Crippen molar-refractivity contribution in [2.45, 2.75) is 40.3 Å². The molecule has 0 atom stereocenters. The first kappa shape index (κ1) is 17.4. The minimum Gasteiger partial charge on any atom is -0.491 e. The van der Waals surface area contributed by atoms with Gasteiger partial charge in [0.25, 0.3) is 0 Å². The van der Waals surface area contributed by atoms with E-state index in [0.29, 0.717) is 0 Å². The van der Waals surface area contributed by atoms with Crippen molar-refractivity contribution in [2.24, 2.45) is 0 Å². The first-order valence-electron chi connectivity index (χ1n) is 8.32. The lowest BCUT2D eigenvalue weighted by atomic mass is 10.1. The van der Waals surface area contributed by atoms with Crippen molar-refractivity contribution in [3.63, 3.8) is 0 Å². The number of hydrogen-bond donors (Lipinski definition) is 2. The molecule has 0 saturated carbocycles. The number of rotatable bonds is 8. The van der Waals surface area contributed by atoms with E-state index < -0.39 is 0 Å². The van der Waals surface area contributed by atoms with E-state index in [9.17, 15) is 0 Å². The molecule has 3 nitrogen and oxygen atoms in total. The lowest BCUT2D eigenvalue weighted by Crippen LogP contribution is -2.21. The molecule has 0 saturated heterocycles. The van der Waals surface area contributed by atoms with Crippen molar-refractivity contribution in [3.8, 4) is 5.75 Å². The van der Waals surface area contributed by atoms with E-state index in [1.165, 1.54) is 22.4 Å². The van der Waals surface area contributed by atoms with Gasteiger partial charge in [-0.25, -0.2) is 0 Å². The van der Waals surface area contributed by atoms with Crippen molar-refractivity contribution >= 4 is 5.69 Å². The van der Waals surface area contributed by atoms with Crippen LogP contribution in [-0.4, -0.2) is 19.2 Å². The Balaban J connectivity index is 1.68. The molecule has 23 heavy (non-hydrogen) atoms. The highest BCUT2D eigenvalue weighted by Gasteiger charge is 1.99. The van der Waals surface area contributed by atoms with Gasteiger partial charge < -0.3 is 15.4 Å². The lowest BCUT2D eigenvalue weighted by Gasteiger charge is -2.11. The van der Waals surface area contributed by atoms with Crippen LogP contribution in [0.25, 0.3) is 0 Å². The molecular formula is C20H28N2O. The van der Waals surface area contributed by atoms with Crippen LogP contribution in [-0.2, 0) is 6.54 Å². The maximum atomic E-state index is 5.65. The summed E-state index contributed by atoms with van der Waals surface area (Å²) in [7, 11) is 0. The predicted octanol–water partition coefficient (Wildman–Crippen LogP) is 4.29. The van der Waals surface area contributed by atoms with Crippen LogP contribution in [0.2, 0.25) is 0 Å². The molecular weight excluding hydrogens is 284 g/mol. The van der Waals surface area contributed by atoms with Crippen molar-refractivity contribution in [1.29, 1.82) is 0 Å². The molecule has 0 amide bonds. The van der Waals surface area contributed by atoms with Crippen LogP contribution >= 0.6 is 0 Å². The third-order valence-electron chi connectivity index (χ3n) is 3.76. The van der Waals surface area contributed by atoms with E-state index >= 15 is 0 Å². The molecule has 0 aromatic heterocycles. The van der Waals surface area contributed by atoms with Gasteiger partial charge in [-0.1, -0.05) is 18.2 Å². The van der Waals surface area contributed by atoms with Crippen LogP contribution in [0.15, 0.2) is 42.5 Å².